The lowest BCUT2D eigenvalue weighted by molar-refractivity contribution is 0.102. The molecule has 1 aromatic heterocycles. The largest absolute Gasteiger partial charge is 0.399 e. The average Bonchev–Trinajstić information content (AvgIpc) is 2.76. The van der Waals surface area contributed by atoms with Gasteiger partial charge in [-0.1, -0.05) is 0 Å². The number of nitrogens with two attached hydrogens (primary N) is 2. The number of nitrogen functional groups attached to an aromatic ring is 2. The Kier molecular flexibility index (Phi) is 3.41. The van der Waals surface area contributed by atoms with Gasteiger partial charge in [0.15, 0.2) is 0 Å². The third-order valence-corrected chi connectivity index (χ3v) is 2.63. The monoisotopic (exact) mass is 259 g/mol. The summed E-state index contributed by atoms with van der Waals surface area (Å²) in [6, 6.07) is 5.01. The number of hydrogen-bond donors (Lipinski definition) is 3. The molecule has 5 N–H and O–H groups in total. The van der Waals surface area contributed by atoms with E-state index in [0.29, 0.717) is 22.6 Å². The Hall–Kier alpha value is -2.50. The number of carbonyl (C=O) groups is 1. The minimum atomic E-state index is -0.262. The lowest BCUT2D eigenvalue weighted by Crippen LogP contribution is -2.12. The van der Waals surface area contributed by atoms with Gasteiger partial charge in [-0.3, -0.25) is 9.48 Å². The summed E-state index contributed by atoms with van der Waals surface area (Å²) >= 11 is 0. The lowest BCUT2D eigenvalue weighted by atomic mass is 10.1. The number of aromatic nitrogens is 2. The first kappa shape index (κ1) is 12.9. The van der Waals surface area contributed by atoms with Crippen LogP contribution in [0.25, 0.3) is 0 Å². The topological polar surface area (TPSA) is 99.0 Å². The van der Waals surface area contributed by atoms with Gasteiger partial charge in [-0.05, 0) is 32.0 Å². The number of benzene rings is 1. The summed E-state index contributed by atoms with van der Waals surface area (Å²) in [6.45, 7) is 4.02. The van der Waals surface area contributed by atoms with Crippen molar-refractivity contribution < 1.29 is 4.79 Å². The number of nitrogens with zero attached hydrogens (tertiary/aromatic N) is 2. The summed E-state index contributed by atoms with van der Waals surface area (Å²) in [4.78, 5) is 12.0. The fraction of sp³-hybridized carbons (Fsp3) is 0.231. The zero-order valence-corrected chi connectivity index (χ0v) is 10.9. The van der Waals surface area contributed by atoms with E-state index >= 15 is 0 Å². The zero-order valence-electron chi connectivity index (χ0n) is 10.9. The van der Waals surface area contributed by atoms with Gasteiger partial charge < -0.3 is 16.8 Å². The minimum absolute atomic E-state index is 0.244. The maximum Gasteiger partial charge on any atom is 0.255 e. The molecule has 0 fully saturated rings. The van der Waals surface area contributed by atoms with Crippen LogP contribution in [0.3, 0.4) is 0 Å². The van der Waals surface area contributed by atoms with Crippen LogP contribution in [-0.4, -0.2) is 15.7 Å². The summed E-state index contributed by atoms with van der Waals surface area (Å²) in [5.41, 5.74) is 13.3. The molecular weight excluding hydrogens is 242 g/mol. The molecule has 6 heteroatoms. The van der Waals surface area contributed by atoms with Gasteiger partial charge in [0.25, 0.3) is 5.91 Å². The Balaban J connectivity index is 2.15. The number of hydrogen-bond acceptors (Lipinski definition) is 4. The van der Waals surface area contributed by atoms with Crippen molar-refractivity contribution in [3.05, 3.63) is 36.2 Å². The van der Waals surface area contributed by atoms with Crippen molar-refractivity contribution in [1.82, 2.24) is 9.78 Å². The average molecular weight is 259 g/mol. The molecule has 6 nitrogen and oxygen atoms in total. The van der Waals surface area contributed by atoms with Crippen LogP contribution in [-0.2, 0) is 0 Å². The minimum Gasteiger partial charge on any atom is -0.399 e. The van der Waals surface area contributed by atoms with Crippen LogP contribution in [0, 0.1) is 0 Å². The number of rotatable bonds is 3. The van der Waals surface area contributed by atoms with Crippen molar-refractivity contribution in [3.63, 3.8) is 0 Å². The van der Waals surface area contributed by atoms with Crippen molar-refractivity contribution in [2.75, 3.05) is 16.8 Å². The second kappa shape index (κ2) is 5.01. The lowest BCUT2D eigenvalue weighted by Gasteiger charge is -2.05. The van der Waals surface area contributed by atoms with E-state index < -0.39 is 0 Å². The second-order valence-electron chi connectivity index (χ2n) is 4.65. The molecule has 2 rings (SSSR count). The molecule has 1 amide bonds. The van der Waals surface area contributed by atoms with E-state index in [1.807, 2.05) is 13.8 Å². The van der Waals surface area contributed by atoms with Crippen molar-refractivity contribution in [2.24, 2.45) is 0 Å². The Morgan fingerprint density at radius 3 is 2.42 bits per heavy atom. The van der Waals surface area contributed by atoms with E-state index in [9.17, 15) is 4.79 Å². The molecule has 2 aromatic rings. The molecule has 0 aliphatic heterocycles. The maximum atomic E-state index is 12.0. The summed E-state index contributed by atoms with van der Waals surface area (Å²) in [7, 11) is 0. The molecule has 0 unspecified atom stereocenters. The standard InChI is InChI=1S/C13H17N5O/c1-8(2)18-7-12(6-16-18)17-13(19)9-3-10(14)5-11(15)4-9/h3-8H,14-15H2,1-2H3,(H,17,19). The highest BCUT2D eigenvalue weighted by molar-refractivity contribution is 6.05. The predicted octanol–water partition coefficient (Wildman–Crippen LogP) is 1.88. The van der Waals surface area contributed by atoms with E-state index in [1.54, 1.807) is 35.3 Å². The number of nitrogens with one attached hydrogen (secondary N) is 1. The van der Waals surface area contributed by atoms with Gasteiger partial charge in [-0.2, -0.15) is 5.10 Å². The first-order chi connectivity index (χ1) is 8.95. The first-order valence-corrected chi connectivity index (χ1v) is 5.97. The number of carbonyl (C=O) groups excluding carboxylic acids is 1. The van der Waals surface area contributed by atoms with Crippen LogP contribution in [0.2, 0.25) is 0 Å². The third kappa shape index (κ3) is 3.04. The highest BCUT2D eigenvalue weighted by Crippen LogP contribution is 2.16. The molecule has 100 valence electrons. The number of amides is 1. The maximum absolute atomic E-state index is 12.0. The van der Waals surface area contributed by atoms with Crippen LogP contribution in [0.15, 0.2) is 30.6 Å². The second-order valence-corrected chi connectivity index (χ2v) is 4.65. The predicted molar refractivity (Wildman–Crippen MR) is 75.8 cm³/mol. The van der Waals surface area contributed by atoms with Gasteiger partial charge in [0.1, 0.15) is 0 Å². The van der Waals surface area contributed by atoms with Crippen molar-refractivity contribution in [2.45, 2.75) is 19.9 Å². The molecule has 0 spiro atoms. The Bertz CT molecular complexity index is 583. The molecule has 0 radical (unpaired) electrons. The molecular formula is C13H17N5O. The van der Waals surface area contributed by atoms with Crippen LogP contribution in [0.1, 0.15) is 30.2 Å². The van der Waals surface area contributed by atoms with Gasteiger partial charge in [0.2, 0.25) is 0 Å². The molecule has 0 saturated heterocycles. The Morgan fingerprint density at radius 2 is 1.89 bits per heavy atom. The molecule has 0 aliphatic carbocycles. The molecule has 0 atom stereocenters. The summed E-state index contributed by atoms with van der Waals surface area (Å²) < 4.78 is 1.77. The fourth-order valence-electron chi connectivity index (χ4n) is 1.70. The normalized spacial score (nSPS) is 10.7. The fourth-order valence-corrected chi connectivity index (χ4v) is 1.70. The Labute approximate surface area is 111 Å². The van der Waals surface area contributed by atoms with Crippen molar-refractivity contribution >= 4 is 23.0 Å². The highest BCUT2D eigenvalue weighted by Gasteiger charge is 2.09. The quantitative estimate of drug-likeness (QED) is 0.733. The van der Waals surface area contributed by atoms with E-state index in [1.165, 1.54) is 0 Å². The van der Waals surface area contributed by atoms with Gasteiger partial charge in [-0.25, -0.2) is 0 Å². The van der Waals surface area contributed by atoms with E-state index in [-0.39, 0.29) is 11.9 Å². The van der Waals surface area contributed by atoms with E-state index in [2.05, 4.69) is 10.4 Å². The van der Waals surface area contributed by atoms with Gasteiger partial charge in [0, 0.05) is 29.2 Å². The van der Waals surface area contributed by atoms with Crippen LogP contribution in [0.5, 0.6) is 0 Å². The van der Waals surface area contributed by atoms with Crippen molar-refractivity contribution in [3.8, 4) is 0 Å². The summed E-state index contributed by atoms with van der Waals surface area (Å²) in [5, 5.41) is 6.90. The van der Waals surface area contributed by atoms with Crippen LogP contribution >= 0.6 is 0 Å². The first-order valence-electron chi connectivity index (χ1n) is 5.97. The summed E-state index contributed by atoms with van der Waals surface area (Å²) in [6.07, 6.45) is 3.38. The zero-order chi connectivity index (χ0) is 14.0. The van der Waals surface area contributed by atoms with Gasteiger partial charge in [-0.15, -0.1) is 0 Å². The smallest absolute Gasteiger partial charge is 0.255 e. The summed E-state index contributed by atoms with van der Waals surface area (Å²) in [5.74, 6) is -0.262. The number of anilines is 3. The molecule has 1 aromatic carbocycles. The molecule has 0 bridgehead atoms. The molecule has 19 heavy (non-hydrogen) atoms. The SMILES string of the molecule is CC(C)n1cc(NC(=O)c2cc(N)cc(N)c2)cn1. The van der Waals surface area contributed by atoms with Gasteiger partial charge >= 0.3 is 0 Å². The van der Waals surface area contributed by atoms with Crippen LogP contribution < -0.4 is 16.8 Å². The highest BCUT2D eigenvalue weighted by atomic mass is 16.1. The van der Waals surface area contributed by atoms with E-state index in [4.69, 9.17) is 11.5 Å². The van der Waals surface area contributed by atoms with Crippen molar-refractivity contribution in [1.29, 1.82) is 0 Å². The molecule has 0 saturated carbocycles. The van der Waals surface area contributed by atoms with Crippen LogP contribution in [0.4, 0.5) is 17.1 Å². The molecule has 0 aliphatic rings. The van der Waals surface area contributed by atoms with E-state index in [0.717, 1.165) is 0 Å². The Morgan fingerprint density at radius 1 is 1.26 bits per heavy atom. The van der Waals surface area contributed by atoms with Gasteiger partial charge in [0.05, 0.1) is 11.9 Å². The molecule has 1 heterocycles. The third-order valence-electron chi connectivity index (χ3n) is 2.63.